The number of ether oxygens (including phenoxy) is 1. The van der Waals surface area contributed by atoms with E-state index < -0.39 is 4.92 Å². The van der Waals surface area contributed by atoms with Crippen LogP contribution in [-0.2, 0) is 0 Å². The summed E-state index contributed by atoms with van der Waals surface area (Å²) in [5.41, 5.74) is 0.603. The van der Waals surface area contributed by atoms with Crippen molar-refractivity contribution >= 4 is 23.5 Å². The zero-order valence-electron chi connectivity index (χ0n) is 10.1. The fraction of sp³-hybridized carbons (Fsp3) is 0. The summed E-state index contributed by atoms with van der Waals surface area (Å²) in [6, 6.07) is 10.7. The maximum Gasteiger partial charge on any atom is 0.271 e. The van der Waals surface area contributed by atoms with Gasteiger partial charge in [-0.2, -0.15) is 0 Å². The van der Waals surface area contributed by atoms with Crippen molar-refractivity contribution in [1.82, 2.24) is 0 Å². The van der Waals surface area contributed by atoms with Gasteiger partial charge < -0.3 is 9.94 Å². The van der Waals surface area contributed by atoms with Crippen molar-refractivity contribution in [3.05, 3.63) is 63.2 Å². The van der Waals surface area contributed by atoms with Crippen LogP contribution in [0.4, 0.5) is 5.69 Å². The second-order valence-electron chi connectivity index (χ2n) is 3.79. The number of hydrogen-bond acceptors (Lipinski definition) is 5. The predicted octanol–water partition coefficient (Wildman–Crippen LogP) is 3.85. The highest BCUT2D eigenvalue weighted by Crippen LogP contribution is 2.32. The molecule has 7 heteroatoms. The molecule has 102 valence electrons. The van der Waals surface area contributed by atoms with Gasteiger partial charge in [0.2, 0.25) is 0 Å². The first-order valence-corrected chi connectivity index (χ1v) is 5.87. The fourth-order valence-corrected chi connectivity index (χ4v) is 1.72. The second-order valence-corrected chi connectivity index (χ2v) is 4.19. The first-order chi connectivity index (χ1) is 9.60. The van der Waals surface area contributed by atoms with Crippen LogP contribution in [0.25, 0.3) is 0 Å². The van der Waals surface area contributed by atoms with E-state index in [9.17, 15) is 10.1 Å². The Balaban J connectivity index is 2.19. The van der Waals surface area contributed by atoms with E-state index in [0.717, 1.165) is 0 Å². The van der Waals surface area contributed by atoms with E-state index in [1.54, 1.807) is 24.3 Å². The van der Waals surface area contributed by atoms with Crippen LogP contribution >= 0.6 is 11.6 Å². The number of nitrogens with zero attached hydrogens (tertiary/aromatic N) is 2. The molecule has 0 bridgehead atoms. The molecule has 1 N–H and O–H groups in total. The molecular weight excluding hydrogens is 284 g/mol. The first-order valence-electron chi connectivity index (χ1n) is 5.49. The third-order valence-electron chi connectivity index (χ3n) is 2.44. The Hall–Kier alpha value is -2.60. The summed E-state index contributed by atoms with van der Waals surface area (Å²) in [5.74, 6) is 0.830. The van der Waals surface area contributed by atoms with Gasteiger partial charge in [0.05, 0.1) is 16.2 Å². The SMILES string of the molecule is O=[N+]([O-])c1ccc(Oc2ccc(/C=N/O)cc2)c(Cl)c1. The highest BCUT2D eigenvalue weighted by atomic mass is 35.5. The third-order valence-corrected chi connectivity index (χ3v) is 2.74. The smallest absolute Gasteiger partial charge is 0.271 e. The van der Waals surface area contributed by atoms with Crippen LogP contribution in [0.15, 0.2) is 47.6 Å². The number of benzene rings is 2. The minimum atomic E-state index is -0.529. The maximum atomic E-state index is 10.6. The molecule has 20 heavy (non-hydrogen) atoms. The van der Waals surface area contributed by atoms with Crippen LogP contribution < -0.4 is 4.74 Å². The van der Waals surface area contributed by atoms with Crippen LogP contribution in [-0.4, -0.2) is 16.3 Å². The zero-order chi connectivity index (χ0) is 14.5. The molecule has 6 nitrogen and oxygen atoms in total. The Morgan fingerprint density at radius 1 is 1.25 bits per heavy atom. The van der Waals surface area contributed by atoms with Crippen molar-refractivity contribution in [1.29, 1.82) is 0 Å². The second kappa shape index (κ2) is 6.03. The molecular formula is C13H9ClN2O4. The Kier molecular flexibility index (Phi) is 4.17. The van der Waals surface area contributed by atoms with Crippen LogP contribution in [0.1, 0.15) is 5.56 Å². The molecule has 0 aliphatic rings. The largest absolute Gasteiger partial charge is 0.456 e. The van der Waals surface area contributed by atoms with Crippen molar-refractivity contribution in [3.63, 3.8) is 0 Å². The highest BCUT2D eigenvalue weighted by Gasteiger charge is 2.10. The Morgan fingerprint density at radius 2 is 1.95 bits per heavy atom. The number of non-ortho nitro benzene ring substituents is 1. The fourth-order valence-electron chi connectivity index (χ4n) is 1.50. The molecule has 2 aromatic carbocycles. The van der Waals surface area contributed by atoms with Crippen LogP contribution in [0.5, 0.6) is 11.5 Å². The van der Waals surface area contributed by atoms with E-state index in [-0.39, 0.29) is 10.7 Å². The lowest BCUT2D eigenvalue weighted by molar-refractivity contribution is -0.384. The van der Waals surface area contributed by atoms with Gasteiger partial charge in [0.25, 0.3) is 5.69 Å². The molecule has 0 spiro atoms. The lowest BCUT2D eigenvalue weighted by Crippen LogP contribution is -1.90. The molecule has 0 saturated heterocycles. The topological polar surface area (TPSA) is 85.0 Å². The van der Waals surface area contributed by atoms with E-state index in [4.69, 9.17) is 21.5 Å². The van der Waals surface area contributed by atoms with Gasteiger partial charge in [0, 0.05) is 12.1 Å². The summed E-state index contributed by atoms with van der Waals surface area (Å²) in [5, 5.41) is 22.1. The van der Waals surface area contributed by atoms with Crippen molar-refractivity contribution in [2.75, 3.05) is 0 Å². The monoisotopic (exact) mass is 292 g/mol. The number of nitro groups is 1. The van der Waals surface area contributed by atoms with Crippen molar-refractivity contribution in [2.24, 2.45) is 5.16 Å². The molecule has 2 aromatic rings. The quantitative estimate of drug-likeness (QED) is 0.401. The highest BCUT2D eigenvalue weighted by molar-refractivity contribution is 6.32. The lowest BCUT2D eigenvalue weighted by atomic mass is 10.2. The standard InChI is InChI=1S/C13H9ClN2O4/c14-12-7-10(16(18)19)3-6-13(12)20-11-4-1-9(2-5-11)8-15-17/h1-8,17H/b15-8+. The Morgan fingerprint density at radius 3 is 2.50 bits per heavy atom. The summed E-state index contributed by atoms with van der Waals surface area (Å²) in [6.07, 6.45) is 1.28. The van der Waals surface area contributed by atoms with Gasteiger partial charge in [-0.3, -0.25) is 10.1 Å². The molecule has 0 saturated carbocycles. The van der Waals surface area contributed by atoms with Crippen molar-refractivity contribution in [2.45, 2.75) is 0 Å². The molecule has 0 unspecified atom stereocenters. The van der Waals surface area contributed by atoms with Crippen LogP contribution in [0.2, 0.25) is 5.02 Å². The molecule has 0 aliphatic carbocycles. The average molecular weight is 293 g/mol. The van der Waals surface area contributed by atoms with Crippen molar-refractivity contribution < 1.29 is 14.9 Å². The minimum Gasteiger partial charge on any atom is -0.456 e. The molecule has 0 amide bonds. The lowest BCUT2D eigenvalue weighted by Gasteiger charge is -2.07. The summed E-state index contributed by atoms with van der Waals surface area (Å²) >= 11 is 5.92. The molecule has 0 atom stereocenters. The normalized spacial score (nSPS) is 10.7. The summed E-state index contributed by atoms with van der Waals surface area (Å²) < 4.78 is 5.52. The molecule has 0 aromatic heterocycles. The van der Waals surface area contributed by atoms with Gasteiger partial charge in [-0.1, -0.05) is 16.8 Å². The van der Waals surface area contributed by atoms with Gasteiger partial charge in [-0.15, -0.1) is 0 Å². The Labute approximate surface area is 119 Å². The van der Waals surface area contributed by atoms with Gasteiger partial charge >= 0.3 is 0 Å². The van der Waals surface area contributed by atoms with E-state index in [2.05, 4.69) is 5.16 Å². The summed E-state index contributed by atoms with van der Waals surface area (Å²) in [4.78, 5) is 10.1. The van der Waals surface area contributed by atoms with E-state index in [1.165, 1.54) is 24.4 Å². The van der Waals surface area contributed by atoms with Crippen LogP contribution in [0, 0.1) is 10.1 Å². The van der Waals surface area contributed by atoms with Gasteiger partial charge in [-0.05, 0) is 35.9 Å². The molecule has 2 rings (SSSR count). The minimum absolute atomic E-state index is 0.100. The molecule has 0 heterocycles. The van der Waals surface area contributed by atoms with Gasteiger partial charge in [0.1, 0.15) is 11.5 Å². The maximum absolute atomic E-state index is 10.6. The number of rotatable bonds is 4. The van der Waals surface area contributed by atoms with Crippen LogP contribution in [0.3, 0.4) is 0 Å². The summed E-state index contributed by atoms with van der Waals surface area (Å²) in [7, 11) is 0. The third kappa shape index (κ3) is 3.24. The summed E-state index contributed by atoms with van der Waals surface area (Å²) in [6.45, 7) is 0. The van der Waals surface area contributed by atoms with E-state index in [0.29, 0.717) is 17.1 Å². The number of nitro benzene ring substituents is 1. The number of oxime groups is 1. The molecule has 0 fully saturated rings. The molecule has 0 radical (unpaired) electrons. The number of hydrogen-bond donors (Lipinski definition) is 1. The number of halogens is 1. The predicted molar refractivity (Wildman–Crippen MR) is 74.0 cm³/mol. The Bertz CT molecular complexity index is 656. The zero-order valence-corrected chi connectivity index (χ0v) is 10.8. The van der Waals surface area contributed by atoms with Crippen molar-refractivity contribution in [3.8, 4) is 11.5 Å². The average Bonchev–Trinajstić information content (AvgIpc) is 2.43. The first kappa shape index (κ1) is 13.8. The van der Waals surface area contributed by atoms with Gasteiger partial charge in [0.15, 0.2) is 0 Å². The van der Waals surface area contributed by atoms with E-state index in [1.807, 2.05) is 0 Å². The van der Waals surface area contributed by atoms with Gasteiger partial charge in [-0.25, -0.2) is 0 Å². The van der Waals surface area contributed by atoms with E-state index >= 15 is 0 Å². The molecule has 0 aliphatic heterocycles.